The van der Waals surface area contributed by atoms with Crippen LogP contribution in [0.2, 0.25) is 0 Å². The summed E-state index contributed by atoms with van der Waals surface area (Å²) in [5, 5.41) is 1.53. The number of hydrogen-bond donors (Lipinski definition) is 1. The average Bonchev–Trinajstić information content (AvgIpc) is 3.48. The van der Waals surface area contributed by atoms with Crippen molar-refractivity contribution in [2.45, 2.75) is 76.0 Å². The minimum atomic E-state index is -5.33. The van der Waals surface area contributed by atoms with Gasteiger partial charge >= 0.3 is 54.3 Å². The molecule has 2 heterocycles. The van der Waals surface area contributed by atoms with Crippen molar-refractivity contribution < 1.29 is 81.4 Å². The number of nitrogens with one attached hydrogen (secondary N) is 1. The Morgan fingerprint density at radius 2 is 1.16 bits per heavy atom. The summed E-state index contributed by atoms with van der Waals surface area (Å²) in [7, 11) is 0. The van der Waals surface area contributed by atoms with E-state index in [1.54, 1.807) is 0 Å². The molecule has 2 rings (SSSR count). The van der Waals surface area contributed by atoms with Crippen LogP contribution in [0.25, 0.3) is 0 Å². The molecule has 22 heteroatoms. The van der Waals surface area contributed by atoms with Crippen LogP contribution in [0.15, 0.2) is 0 Å². The molecule has 44 heavy (non-hydrogen) atoms. The molecule has 2 aliphatic rings. The van der Waals surface area contributed by atoms with Gasteiger partial charge in [-0.1, -0.05) is 0 Å². The summed E-state index contributed by atoms with van der Waals surface area (Å²) in [6.45, 7) is 1.11. The number of esters is 1. The van der Waals surface area contributed by atoms with Crippen molar-refractivity contribution in [3.05, 3.63) is 0 Å². The molecule has 254 valence electrons. The Kier molecular flexibility index (Phi) is 12.0. The van der Waals surface area contributed by atoms with E-state index in [1.165, 1.54) is 26.1 Å². The molecule has 0 spiro atoms. The zero-order valence-corrected chi connectivity index (χ0v) is 22.9. The van der Waals surface area contributed by atoms with Crippen LogP contribution in [0.1, 0.15) is 33.6 Å². The SMILES string of the molecule is CC(C)(C)OC(=O)CN(C(=O)C(F)(F)F)[C@@H]1CCN(C(=O)C(F)(F)F)C1.O=C(N[C@@H]1CCN(C(=O)C(F)(F)F)C1)C(F)(F)F. The minimum absolute atomic E-state index is 0.109. The Balaban J connectivity index is 0.000000470. The van der Waals surface area contributed by atoms with Gasteiger partial charge in [0.2, 0.25) is 0 Å². The first-order valence-electron chi connectivity index (χ1n) is 12.2. The molecular formula is C22H26F12N4O6. The fraction of sp³-hybridized carbons (Fsp3) is 0.773. The molecule has 0 aromatic rings. The summed E-state index contributed by atoms with van der Waals surface area (Å²) in [6, 6.07) is -2.51. The molecule has 2 saturated heterocycles. The molecule has 1 N–H and O–H groups in total. The first-order chi connectivity index (χ1) is 19.5. The van der Waals surface area contributed by atoms with Crippen LogP contribution in [0, 0.1) is 0 Å². The zero-order valence-electron chi connectivity index (χ0n) is 22.9. The number of likely N-dealkylation sites (tertiary alicyclic amines) is 2. The van der Waals surface area contributed by atoms with Crippen molar-refractivity contribution in [2.75, 3.05) is 32.7 Å². The third kappa shape index (κ3) is 11.9. The zero-order chi connectivity index (χ0) is 34.6. The number of amides is 4. The molecule has 0 radical (unpaired) electrons. The third-order valence-corrected chi connectivity index (χ3v) is 5.67. The maximum Gasteiger partial charge on any atom is 0.471 e. The van der Waals surface area contributed by atoms with Gasteiger partial charge in [0.05, 0.1) is 6.04 Å². The number of halogens is 12. The first kappa shape index (κ1) is 38.5. The molecule has 2 atom stereocenters. The number of hydrogen-bond acceptors (Lipinski definition) is 6. The highest BCUT2D eigenvalue weighted by molar-refractivity contribution is 5.87. The molecular weight excluding hydrogens is 644 g/mol. The predicted octanol–water partition coefficient (Wildman–Crippen LogP) is 2.71. The Bertz CT molecular complexity index is 1080. The van der Waals surface area contributed by atoms with Gasteiger partial charge < -0.3 is 24.8 Å². The molecule has 0 aliphatic carbocycles. The lowest BCUT2D eigenvalue weighted by Crippen LogP contribution is -2.51. The molecule has 2 aliphatic heterocycles. The highest BCUT2D eigenvalue weighted by Crippen LogP contribution is 2.27. The van der Waals surface area contributed by atoms with Crippen molar-refractivity contribution in [1.82, 2.24) is 20.0 Å². The van der Waals surface area contributed by atoms with E-state index < -0.39 is 98.2 Å². The second-order valence-electron chi connectivity index (χ2n) is 10.4. The van der Waals surface area contributed by atoms with Crippen LogP contribution >= 0.6 is 0 Å². The lowest BCUT2D eigenvalue weighted by atomic mass is 10.2. The highest BCUT2D eigenvalue weighted by atomic mass is 19.4. The molecule has 0 aromatic heterocycles. The van der Waals surface area contributed by atoms with Gasteiger partial charge in [-0.3, -0.25) is 24.0 Å². The summed E-state index contributed by atoms with van der Waals surface area (Å²) in [5.74, 6) is -10.1. The van der Waals surface area contributed by atoms with Crippen molar-refractivity contribution in [1.29, 1.82) is 0 Å². The smallest absolute Gasteiger partial charge is 0.459 e. The molecule has 0 unspecified atom stereocenters. The van der Waals surface area contributed by atoms with E-state index in [2.05, 4.69) is 0 Å². The first-order valence-corrected chi connectivity index (χ1v) is 12.2. The quantitative estimate of drug-likeness (QED) is 0.364. The van der Waals surface area contributed by atoms with Gasteiger partial charge in [0.25, 0.3) is 0 Å². The van der Waals surface area contributed by atoms with Crippen molar-refractivity contribution in [3.63, 3.8) is 0 Å². The predicted molar refractivity (Wildman–Crippen MR) is 120 cm³/mol. The lowest BCUT2D eigenvalue weighted by molar-refractivity contribution is -0.191. The third-order valence-electron chi connectivity index (χ3n) is 5.67. The molecule has 10 nitrogen and oxygen atoms in total. The Morgan fingerprint density at radius 3 is 1.57 bits per heavy atom. The summed E-state index contributed by atoms with van der Waals surface area (Å²) in [6.07, 6.45) is -21.1. The lowest BCUT2D eigenvalue weighted by Gasteiger charge is -2.30. The number of ether oxygens (including phenoxy) is 1. The molecule has 2 fully saturated rings. The van der Waals surface area contributed by atoms with E-state index in [0.717, 1.165) is 0 Å². The monoisotopic (exact) mass is 670 g/mol. The van der Waals surface area contributed by atoms with Gasteiger partial charge in [-0.2, -0.15) is 52.7 Å². The number of alkyl halides is 12. The van der Waals surface area contributed by atoms with Crippen molar-refractivity contribution in [3.8, 4) is 0 Å². The summed E-state index contributed by atoms with van der Waals surface area (Å²) in [5.41, 5.74) is -1.03. The van der Waals surface area contributed by atoms with Crippen LogP contribution in [-0.2, 0) is 28.7 Å². The van der Waals surface area contributed by atoms with E-state index in [4.69, 9.17) is 4.74 Å². The van der Waals surface area contributed by atoms with E-state index in [-0.39, 0.29) is 24.3 Å². The fourth-order valence-corrected chi connectivity index (χ4v) is 3.91. The molecule has 0 bridgehead atoms. The number of carbonyl (C=O) groups is 5. The number of nitrogens with zero attached hydrogens (tertiary/aromatic N) is 3. The van der Waals surface area contributed by atoms with Crippen LogP contribution in [0.3, 0.4) is 0 Å². The van der Waals surface area contributed by atoms with E-state index in [0.29, 0.717) is 9.80 Å². The topological polar surface area (TPSA) is 116 Å². The van der Waals surface area contributed by atoms with Crippen molar-refractivity contribution >= 4 is 29.6 Å². The standard InChI is InChI=1S/C14H18F6N2O4.C8H8F6N2O2/c1-12(2,3)26-9(23)7-22(11(25)14(18,19)20)8-4-5-21(6-8)10(24)13(15,16)17;9-7(10,11)5(17)15-4-1-2-16(3-4)6(18)8(12,13)14/h8H,4-7H2,1-3H3;4H,1-3H2,(H,15,17)/t8-;4-/m11/s1. The van der Waals surface area contributed by atoms with Crippen LogP contribution < -0.4 is 5.32 Å². The van der Waals surface area contributed by atoms with Crippen molar-refractivity contribution in [2.24, 2.45) is 0 Å². The molecule has 0 aromatic carbocycles. The van der Waals surface area contributed by atoms with Crippen LogP contribution in [-0.4, -0.2) is 119 Å². The van der Waals surface area contributed by atoms with E-state index in [9.17, 15) is 76.7 Å². The average molecular weight is 670 g/mol. The number of rotatable bonds is 4. The van der Waals surface area contributed by atoms with Gasteiger partial charge in [-0.25, -0.2) is 0 Å². The Labute approximate surface area is 240 Å². The Morgan fingerprint density at radius 1 is 0.705 bits per heavy atom. The summed E-state index contributed by atoms with van der Waals surface area (Å²) < 4.78 is 152. The summed E-state index contributed by atoms with van der Waals surface area (Å²) in [4.78, 5) is 56.6. The normalized spacial score (nSPS) is 19.6. The van der Waals surface area contributed by atoms with Crippen LogP contribution in [0.4, 0.5) is 52.7 Å². The fourth-order valence-electron chi connectivity index (χ4n) is 3.91. The minimum Gasteiger partial charge on any atom is -0.459 e. The van der Waals surface area contributed by atoms with Gasteiger partial charge in [-0.15, -0.1) is 0 Å². The number of carbonyl (C=O) groups excluding carboxylic acids is 5. The van der Waals surface area contributed by atoms with Gasteiger partial charge in [0, 0.05) is 32.2 Å². The maximum atomic E-state index is 12.8. The van der Waals surface area contributed by atoms with E-state index in [1.807, 2.05) is 0 Å². The van der Waals surface area contributed by atoms with E-state index >= 15 is 0 Å². The Hall–Kier alpha value is -3.49. The van der Waals surface area contributed by atoms with Crippen LogP contribution in [0.5, 0.6) is 0 Å². The second kappa shape index (κ2) is 13.7. The van der Waals surface area contributed by atoms with Gasteiger partial charge in [-0.05, 0) is 33.6 Å². The second-order valence-corrected chi connectivity index (χ2v) is 10.4. The maximum absolute atomic E-state index is 12.8. The largest absolute Gasteiger partial charge is 0.471 e. The summed E-state index contributed by atoms with van der Waals surface area (Å²) >= 11 is 0. The van der Waals surface area contributed by atoms with Gasteiger partial charge in [0.1, 0.15) is 12.1 Å². The highest BCUT2D eigenvalue weighted by Gasteiger charge is 2.50. The molecule has 4 amide bonds. The molecule has 0 saturated carbocycles. The van der Waals surface area contributed by atoms with Gasteiger partial charge in [0.15, 0.2) is 0 Å².